The first-order valence-corrected chi connectivity index (χ1v) is 7.90. The van der Waals surface area contributed by atoms with Crippen molar-refractivity contribution in [2.24, 2.45) is 0 Å². The standard InChI is InChI=1S/C16H27F3N2O2/c1-6-9-21(5)13-10-11(16(17,18)19)7-8-12(13)20-14(22)23-15(2,3)4/h7,12-13H,6,8-10H2,1-5H3,(H,20,22)/t12-,13-/m0/s1. The molecule has 4 nitrogen and oxygen atoms in total. The van der Waals surface area contributed by atoms with Gasteiger partial charge in [0.05, 0.1) is 6.04 Å². The molecule has 2 atom stereocenters. The van der Waals surface area contributed by atoms with E-state index in [0.717, 1.165) is 6.42 Å². The lowest BCUT2D eigenvalue weighted by Gasteiger charge is -2.38. The fourth-order valence-electron chi connectivity index (χ4n) is 2.70. The quantitative estimate of drug-likeness (QED) is 0.792. The first kappa shape index (κ1) is 19.8. The number of carbonyl (C=O) groups excluding carboxylic acids is 1. The highest BCUT2D eigenvalue weighted by Crippen LogP contribution is 2.35. The van der Waals surface area contributed by atoms with Crippen LogP contribution in [0.25, 0.3) is 0 Å². The maximum atomic E-state index is 13.0. The molecule has 0 radical (unpaired) electrons. The van der Waals surface area contributed by atoms with Gasteiger partial charge in [-0.2, -0.15) is 13.2 Å². The second-order valence-electron chi connectivity index (χ2n) is 6.97. The highest BCUT2D eigenvalue weighted by molar-refractivity contribution is 5.68. The number of rotatable bonds is 4. The molecule has 0 unspecified atom stereocenters. The Morgan fingerprint density at radius 2 is 2.00 bits per heavy atom. The Morgan fingerprint density at radius 3 is 2.48 bits per heavy atom. The number of ether oxygens (including phenoxy) is 1. The third-order valence-corrected chi connectivity index (χ3v) is 3.72. The fraction of sp³-hybridized carbons (Fsp3) is 0.812. The number of nitrogens with one attached hydrogen (secondary N) is 1. The second kappa shape index (κ2) is 7.55. The van der Waals surface area contributed by atoms with Crippen LogP contribution in [0.2, 0.25) is 0 Å². The van der Waals surface area contributed by atoms with Gasteiger partial charge in [-0.1, -0.05) is 13.0 Å². The predicted octanol–water partition coefficient (Wildman–Crippen LogP) is 3.87. The van der Waals surface area contributed by atoms with Crippen LogP contribution >= 0.6 is 0 Å². The summed E-state index contributed by atoms with van der Waals surface area (Å²) in [6.45, 7) is 7.87. The van der Waals surface area contributed by atoms with Gasteiger partial charge in [-0.15, -0.1) is 0 Å². The lowest BCUT2D eigenvalue weighted by atomic mass is 9.89. The van der Waals surface area contributed by atoms with E-state index in [9.17, 15) is 18.0 Å². The third kappa shape index (κ3) is 6.41. The van der Waals surface area contributed by atoms with Gasteiger partial charge < -0.3 is 15.0 Å². The molecule has 1 N–H and O–H groups in total. The Hall–Kier alpha value is -1.24. The average molecular weight is 336 g/mol. The monoisotopic (exact) mass is 336 g/mol. The molecule has 0 aromatic rings. The Labute approximate surface area is 136 Å². The molecule has 0 bridgehead atoms. The summed E-state index contributed by atoms with van der Waals surface area (Å²) in [4.78, 5) is 13.8. The van der Waals surface area contributed by atoms with Crippen LogP contribution in [0.15, 0.2) is 11.6 Å². The van der Waals surface area contributed by atoms with Crippen LogP contribution in [0.3, 0.4) is 0 Å². The molecule has 1 aliphatic carbocycles. The van der Waals surface area contributed by atoms with Gasteiger partial charge in [-0.05, 0) is 53.6 Å². The number of halogens is 3. The normalized spacial score (nSPS) is 22.7. The SMILES string of the molecule is CCCN(C)[C@H]1CC(C(F)(F)F)=CC[C@@H]1NC(=O)OC(C)(C)C. The molecule has 0 spiro atoms. The Morgan fingerprint density at radius 1 is 1.39 bits per heavy atom. The molecule has 0 fully saturated rings. The Balaban J connectivity index is 2.86. The number of hydrogen-bond donors (Lipinski definition) is 1. The fourth-order valence-corrected chi connectivity index (χ4v) is 2.70. The smallest absolute Gasteiger partial charge is 0.412 e. The van der Waals surface area contributed by atoms with Crippen LogP contribution < -0.4 is 5.32 Å². The molecule has 1 rings (SSSR count). The zero-order valence-corrected chi connectivity index (χ0v) is 14.5. The largest absolute Gasteiger partial charge is 0.444 e. The maximum absolute atomic E-state index is 13.0. The summed E-state index contributed by atoms with van der Waals surface area (Å²) in [5, 5.41) is 2.72. The molecule has 134 valence electrons. The molecule has 0 aliphatic heterocycles. The van der Waals surface area contributed by atoms with Crippen LogP contribution in [0.5, 0.6) is 0 Å². The summed E-state index contributed by atoms with van der Waals surface area (Å²) >= 11 is 0. The zero-order valence-electron chi connectivity index (χ0n) is 14.5. The van der Waals surface area contributed by atoms with Crippen molar-refractivity contribution < 1.29 is 22.7 Å². The van der Waals surface area contributed by atoms with E-state index in [1.807, 2.05) is 11.8 Å². The molecule has 0 heterocycles. The number of nitrogens with zero attached hydrogens (tertiary/aromatic N) is 1. The number of amides is 1. The van der Waals surface area contributed by atoms with Gasteiger partial charge >= 0.3 is 12.3 Å². The number of alkyl halides is 3. The molecule has 0 aromatic heterocycles. The van der Waals surface area contributed by atoms with Crippen molar-refractivity contribution >= 4 is 6.09 Å². The minimum absolute atomic E-state index is 0.125. The van der Waals surface area contributed by atoms with Crippen molar-refractivity contribution in [2.45, 2.75) is 70.8 Å². The van der Waals surface area contributed by atoms with Crippen LogP contribution in [0, 0.1) is 0 Å². The van der Waals surface area contributed by atoms with E-state index in [0.29, 0.717) is 6.54 Å². The molecule has 0 saturated carbocycles. The number of carbonyl (C=O) groups is 1. The van der Waals surface area contributed by atoms with Crippen molar-refractivity contribution in [1.29, 1.82) is 0 Å². The molecule has 0 aromatic carbocycles. The van der Waals surface area contributed by atoms with Crippen LogP contribution in [-0.2, 0) is 4.74 Å². The lowest BCUT2D eigenvalue weighted by Crippen LogP contribution is -2.53. The molecular weight excluding hydrogens is 309 g/mol. The molecule has 1 amide bonds. The summed E-state index contributed by atoms with van der Waals surface area (Å²) in [5.41, 5.74) is -1.16. The Kier molecular flexibility index (Phi) is 6.50. The van der Waals surface area contributed by atoms with Gasteiger partial charge in [-0.25, -0.2) is 4.79 Å². The molecule has 7 heteroatoms. The van der Waals surface area contributed by atoms with Gasteiger partial charge in [0.2, 0.25) is 0 Å². The molecule has 0 saturated heterocycles. The number of likely N-dealkylation sites (N-methyl/N-ethyl adjacent to an activating group) is 1. The highest BCUT2D eigenvalue weighted by Gasteiger charge is 2.40. The predicted molar refractivity (Wildman–Crippen MR) is 83.2 cm³/mol. The van der Waals surface area contributed by atoms with Crippen molar-refractivity contribution in [3.05, 3.63) is 11.6 Å². The van der Waals surface area contributed by atoms with E-state index in [4.69, 9.17) is 4.74 Å². The molecular formula is C16H27F3N2O2. The van der Waals surface area contributed by atoms with Crippen molar-refractivity contribution in [2.75, 3.05) is 13.6 Å². The summed E-state index contributed by atoms with van der Waals surface area (Å²) < 4.78 is 44.1. The van der Waals surface area contributed by atoms with E-state index in [1.54, 1.807) is 27.8 Å². The number of hydrogen-bond acceptors (Lipinski definition) is 3. The minimum Gasteiger partial charge on any atom is -0.444 e. The van der Waals surface area contributed by atoms with E-state index in [2.05, 4.69) is 5.32 Å². The van der Waals surface area contributed by atoms with Gasteiger partial charge in [-0.3, -0.25) is 0 Å². The van der Waals surface area contributed by atoms with Crippen molar-refractivity contribution in [3.63, 3.8) is 0 Å². The summed E-state index contributed by atoms with van der Waals surface area (Å²) in [5.74, 6) is 0. The second-order valence-corrected chi connectivity index (χ2v) is 6.97. The van der Waals surface area contributed by atoms with Crippen LogP contribution in [0.1, 0.15) is 47.0 Å². The van der Waals surface area contributed by atoms with Gasteiger partial charge in [0.15, 0.2) is 0 Å². The van der Waals surface area contributed by atoms with Crippen molar-refractivity contribution in [1.82, 2.24) is 10.2 Å². The summed E-state index contributed by atoms with van der Waals surface area (Å²) in [6.07, 6.45) is -2.88. The van der Waals surface area contributed by atoms with E-state index in [1.165, 1.54) is 6.08 Å². The van der Waals surface area contributed by atoms with Gasteiger partial charge in [0, 0.05) is 11.6 Å². The molecule has 23 heavy (non-hydrogen) atoms. The van der Waals surface area contributed by atoms with Crippen LogP contribution in [0.4, 0.5) is 18.0 Å². The summed E-state index contributed by atoms with van der Waals surface area (Å²) in [6, 6.07) is -0.795. The first-order valence-electron chi connectivity index (χ1n) is 7.90. The first-order chi connectivity index (χ1) is 10.4. The van der Waals surface area contributed by atoms with Gasteiger partial charge in [0.25, 0.3) is 0 Å². The average Bonchev–Trinajstić information content (AvgIpc) is 2.35. The number of alkyl carbamates (subject to hydrolysis) is 1. The Bertz CT molecular complexity index is 442. The van der Waals surface area contributed by atoms with Crippen LogP contribution in [-0.4, -0.2) is 48.4 Å². The third-order valence-electron chi connectivity index (χ3n) is 3.72. The van der Waals surface area contributed by atoms with Crippen molar-refractivity contribution in [3.8, 4) is 0 Å². The van der Waals surface area contributed by atoms with E-state index in [-0.39, 0.29) is 12.8 Å². The minimum atomic E-state index is -4.32. The van der Waals surface area contributed by atoms with E-state index < -0.39 is 35.5 Å². The molecule has 1 aliphatic rings. The van der Waals surface area contributed by atoms with Gasteiger partial charge in [0.1, 0.15) is 5.60 Å². The zero-order chi connectivity index (χ0) is 17.8. The lowest BCUT2D eigenvalue weighted by molar-refractivity contribution is -0.0976. The topological polar surface area (TPSA) is 41.6 Å². The highest BCUT2D eigenvalue weighted by atomic mass is 19.4. The maximum Gasteiger partial charge on any atom is 0.412 e. The van der Waals surface area contributed by atoms with E-state index >= 15 is 0 Å². The summed E-state index contributed by atoms with van der Waals surface area (Å²) in [7, 11) is 1.79.